The van der Waals surface area contributed by atoms with Crippen LogP contribution >= 0.6 is 0 Å². The Kier molecular flexibility index (Phi) is 6.02. The summed E-state index contributed by atoms with van der Waals surface area (Å²) in [6.45, 7) is 6.19. The number of methoxy groups -OCH3 is 1. The number of hydrogen-bond donors (Lipinski definition) is 0. The molecule has 2 aliphatic rings. The van der Waals surface area contributed by atoms with Gasteiger partial charge in [-0.15, -0.1) is 0 Å². The molecule has 3 heterocycles. The molecule has 2 fully saturated rings. The third-order valence-electron chi connectivity index (χ3n) is 5.58. The molecule has 6 nitrogen and oxygen atoms in total. The van der Waals surface area contributed by atoms with Crippen LogP contribution in [-0.4, -0.2) is 67.9 Å². The molecular weight excluding hydrogens is 359 g/mol. The third kappa shape index (κ3) is 4.25. The van der Waals surface area contributed by atoms with Crippen LogP contribution in [0.4, 0.5) is 10.2 Å². The Balaban J connectivity index is 1.42. The van der Waals surface area contributed by atoms with E-state index in [1.165, 1.54) is 12.7 Å². The standard InChI is InChI=1S/C21H27FN4O2/c1-27-18-6-4-17(5-7-18)20-19(22)21(24-15-23-20)26-10-8-25(9-11-26)13-16-3-2-12-28-14-16/h4-7,15-16H,2-3,8-14H2,1H3. The minimum Gasteiger partial charge on any atom is -0.497 e. The van der Waals surface area contributed by atoms with E-state index in [4.69, 9.17) is 9.47 Å². The molecule has 1 aromatic heterocycles. The van der Waals surface area contributed by atoms with Crippen molar-refractivity contribution in [3.63, 3.8) is 0 Å². The maximum absolute atomic E-state index is 15.2. The molecule has 2 aliphatic heterocycles. The van der Waals surface area contributed by atoms with E-state index in [0.717, 1.165) is 63.7 Å². The molecule has 1 atom stereocenters. The van der Waals surface area contributed by atoms with Gasteiger partial charge in [0.15, 0.2) is 11.6 Å². The van der Waals surface area contributed by atoms with Crippen LogP contribution in [-0.2, 0) is 4.74 Å². The van der Waals surface area contributed by atoms with Crippen LogP contribution in [0.2, 0.25) is 0 Å². The van der Waals surface area contributed by atoms with Crippen molar-refractivity contribution in [3.05, 3.63) is 36.4 Å². The lowest BCUT2D eigenvalue weighted by molar-refractivity contribution is 0.0376. The Bertz CT molecular complexity index is 772. The van der Waals surface area contributed by atoms with Crippen LogP contribution in [0.15, 0.2) is 30.6 Å². The Morgan fingerprint density at radius 1 is 1.14 bits per heavy atom. The van der Waals surface area contributed by atoms with Crippen LogP contribution < -0.4 is 9.64 Å². The first kappa shape index (κ1) is 19.1. The first-order valence-corrected chi connectivity index (χ1v) is 9.94. The van der Waals surface area contributed by atoms with E-state index in [2.05, 4.69) is 14.9 Å². The van der Waals surface area contributed by atoms with E-state index in [1.807, 2.05) is 29.2 Å². The van der Waals surface area contributed by atoms with E-state index < -0.39 is 0 Å². The quantitative estimate of drug-likeness (QED) is 0.788. The summed E-state index contributed by atoms with van der Waals surface area (Å²) >= 11 is 0. The van der Waals surface area contributed by atoms with Gasteiger partial charge < -0.3 is 14.4 Å². The minimum absolute atomic E-state index is 0.328. The Morgan fingerprint density at radius 2 is 1.93 bits per heavy atom. The summed E-state index contributed by atoms with van der Waals surface area (Å²) in [7, 11) is 1.61. The van der Waals surface area contributed by atoms with Crippen molar-refractivity contribution in [1.82, 2.24) is 14.9 Å². The fraction of sp³-hybridized carbons (Fsp3) is 0.524. The van der Waals surface area contributed by atoms with Crippen molar-refractivity contribution in [2.24, 2.45) is 5.92 Å². The highest BCUT2D eigenvalue weighted by atomic mass is 19.1. The predicted octanol–water partition coefficient (Wildman–Crippen LogP) is 2.84. The van der Waals surface area contributed by atoms with E-state index in [9.17, 15) is 0 Å². The zero-order valence-electron chi connectivity index (χ0n) is 16.3. The zero-order valence-corrected chi connectivity index (χ0v) is 16.3. The van der Waals surface area contributed by atoms with Gasteiger partial charge in [-0.25, -0.2) is 14.4 Å². The number of aromatic nitrogens is 2. The van der Waals surface area contributed by atoms with Crippen LogP contribution in [0.5, 0.6) is 5.75 Å². The highest BCUT2D eigenvalue weighted by molar-refractivity contribution is 5.64. The predicted molar refractivity (Wildman–Crippen MR) is 106 cm³/mol. The third-order valence-corrected chi connectivity index (χ3v) is 5.58. The summed E-state index contributed by atoms with van der Waals surface area (Å²) in [6, 6.07) is 7.25. The molecule has 0 aliphatic carbocycles. The van der Waals surface area contributed by atoms with Gasteiger partial charge in [0.2, 0.25) is 0 Å². The molecule has 0 bridgehead atoms. The van der Waals surface area contributed by atoms with Crippen molar-refractivity contribution >= 4 is 5.82 Å². The van der Waals surface area contributed by atoms with Gasteiger partial charge in [0, 0.05) is 44.9 Å². The Hall–Kier alpha value is -2.25. The zero-order chi connectivity index (χ0) is 19.3. The topological polar surface area (TPSA) is 50.7 Å². The average Bonchev–Trinajstić information content (AvgIpc) is 2.75. The molecule has 2 aromatic rings. The number of ether oxygens (including phenoxy) is 2. The molecule has 0 radical (unpaired) electrons. The van der Waals surface area contributed by atoms with Crippen LogP contribution in [0, 0.1) is 11.7 Å². The maximum atomic E-state index is 15.2. The van der Waals surface area contributed by atoms with Gasteiger partial charge in [0.1, 0.15) is 17.8 Å². The summed E-state index contributed by atoms with van der Waals surface area (Å²) in [4.78, 5) is 12.9. The van der Waals surface area contributed by atoms with Crippen LogP contribution in [0.3, 0.4) is 0 Å². The first-order chi connectivity index (χ1) is 13.7. The lowest BCUT2D eigenvalue weighted by Crippen LogP contribution is -2.49. The molecule has 7 heteroatoms. The number of rotatable bonds is 5. The van der Waals surface area contributed by atoms with E-state index in [0.29, 0.717) is 17.4 Å². The Labute approximate surface area is 165 Å². The normalized spacial score (nSPS) is 20.9. The van der Waals surface area contributed by atoms with Gasteiger partial charge >= 0.3 is 0 Å². The number of hydrogen-bond acceptors (Lipinski definition) is 6. The largest absolute Gasteiger partial charge is 0.497 e. The van der Waals surface area contributed by atoms with Crippen molar-refractivity contribution < 1.29 is 13.9 Å². The lowest BCUT2D eigenvalue weighted by Gasteiger charge is -2.37. The van der Waals surface area contributed by atoms with Gasteiger partial charge in [-0.3, -0.25) is 4.90 Å². The molecular formula is C21H27FN4O2. The molecule has 1 aromatic carbocycles. The number of anilines is 1. The molecule has 4 rings (SSSR count). The summed E-state index contributed by atoms with van der Waals surface area (Å²) in [5, 5.41) is 0. The monoisotopic (exact) mass is 386 g/mol. The molecule has 1 unspecified atom stereocenters. The maximum Gasteiger partial charge on any atom is 0.191 e. The Morgan fingerprint density at radius 3 is 2.61 bits per heavy atom. The summed E-state index contributed by atoms with van der Waals surface area (Å²) in [5.74, 6) is 1.39. The minimum atomic E-state index is -0.359. The second kappa shape index (κ2) is 8.84. The van der Waals surface area contributed by atoms with Crippen molar-refractivity contribution in [3.8, 4) is 17.0 Å². The molecule has 28 heavy (non-hydrogen) atoms. The smallest absolute Gasteiger partial charge is 0.191 e. The van der Waals surface area contributed by atoms with Gasteiger partial charge in [-0.05, 0) is 43.0 Å². The van der Waals surface area contributed by atoms with E-state index in [1.54, 1.807) is 7.11 Å². The molecule has 0 saturated carbocycles. The van der Waals surface area contributed by atoms with Gasteiger partial charge in [0.05, 0.1) is 13.7 Å². The van der Waals surface area contributed by atoms with Gasteiger partial charge in [-0.2, -0.15) is 0 Å². The van der Waals surface area contributed by atoms with Crippen molar-refractivity contribution in [2.45, 2.75) is 12.8 Å². The molecule has 2 saturated heterocycles. The molecule has 0 amide bonds. The van der Waals surface area contributed by atoms with Crippen LogP contribution in [0.25, 0.3) is 11.3 Å². The molecule has 0 N–H and O–H groups in total. The number of piperazine rings is 1. The SMILES string of the molecule is COc1ccc(-c2ncnc(N3CCN(CC4CCCOC4)CC3)c2F)cc1. The summed E-state index contributed by atoms with van der Waals surface area (Å²) in [6.07, 6.45) is 3.85. The van der Waals surface area contributed by atoms with Crippen LogP contribution in [0.1, 0.15) is 12.8 Å². The fourth-order valence-corrected chi connectivity index (χ4v) is 3.99. The second-order valence-electron chi connectivity index (χ2n) is 7.46. The van der Waals surface area contributed by atoms with Gasteiger partial charge in [-0.1, -0.05) is 0 Å². The second-order valence-corrected chi connectivity index (χ2v) is 7.46. The van der Waals surface area contributed by atoms with Gasteiger partial charge in [0.25, 0.3) is 0 Å². The summed E-state index contributed by atoms with van der Waals surface area (Å²) < 4.78 is 25.9. The van der Waals surface area contributed by atoms with E-state index >= 15 is 4.39 Å². The number of nitrogens with zero attached hydrogens (tertiary/aromatic N) is 4. The highest BCUT2D eigenvalue weighted by Gasteiger charge is 2.25. The molecule has 0 spiro atoms. The highest BCUT2D eigenvalue weighted by Crippen LogP contribution is 2.28. The number of halogens is 1. The summed E-state index contributed by atoms with van der Waals surface area (Å²) in [5.41, 5.74) is 1.05. The lowest BCUT2D eigenvalue weighted by atomic mass is 10.0. The van der Waals surface area contributed by atoms with Crippen molar-refractivity contribution in [2.75, 3.05) is 57.9 Å². The number of benzene rings is 1. The fourth-order valence-electron chi connectivity index (χ4n) is 3.99. The first-order valence-electron chi connectivity index (χ1n) is 9.94. The molecule has 150 valence electrons. The van der Waals surface area contributed by atoms with E-state index in [-0.39, 0.29) is 5.82 Å². The van der Waals surface area contributed by atoms with Crippen molar-refractivity contribution in [1.29, 1.82) is 0 Å². The average molecular weight is 386 g/mol.